The Labute approximate surface area is 118 Å². The molecule has 0 fully saturated rings. The Morgan fingerprint density at radius 2 is 1.84 bits per heavy atom. The van der Waals surface area contributed by atoms with E-state index >= 15 is 0 Å². The van der Waals surface area contributed by atoms with Crippen molar-refractivity contribution in [2.75, 3.05) is 0 Å². The van der Waals surface area contributed by atoms with Crippen LogP contribution in [0.1, 0.15) is 31.1 Å². The molecule has 0 heterocycles. The summed E-state index contributed by atoms with van der Waals surface area (Å²) < 4.78 is 5.73. The average molecular weight is 277 g/mol. The number of aliphatic hydroxyl groups is 1. The van der Waals surface area contributed by atoms with Crippen LogP contribution < -0.4 is 4.74 Å². The third kappa shape index (κ3) is 3.49. The number of hydrogen-bond acceptors (Lipinski definition) is 2. The molecule has 19 heavy (non-hydrogen) atoms. The van der Waals surface area contributed by atoms with E-state index in [0.29, 0.717) is 10.8 Å². The molecule has 0 radical (unpaired) electrons. The molecule has 1 unspecified atom stereocenters. The normalized spacial score (nSPS) is 12.2. The van der Waals surface area contributed by atoms with Crippen LogP contribution in [0.3, 0.4) is 0 Å². The van der Waals surface area contributed by atoms with Crippen LogP contribution in [0, 0.1) is 0 Å². The molecule has 1 N–H and O–H groups in total. The highest BCUT2D eigenvalue weighted by Crippen LogP contribution is 2.31. The Balaban J connectivity index is 2.18. The van der Waals surface area contributed by atoms with E-state index in [1.54, 1.807) is 19.1 Å². The predicted octanol–water partition coefficient (Wildman–Crippen LogP) is 4.75. The van der Waals surface area contributed by atoms with Crippen LogP contribution in [0.5, 0.6) is 11.5 Å². The largest absolute Gasteiger partial charge is 0.456 e. The molecule has 2 aromatic carbocycles. The van der Waals surface area contributed by atoms with Crippen LogP contribution in [0.2, 0.25) is 5.02 Å². The first-order valence-corrected chi connectivity index (χ1v) is 6.72. The quantitative estimate of drug-likeness (QED) is 0.873. The number of rotatable bonds is 4. The first-order chi connectivity index (χ1) is 9.10. The van der Waals surface area contributed by atoms with Crippen molar-refractivity contribution in [3.8, 4) is 11.5 Å². The van der Waals surface area contributed by atoms with E-state index in [1.807, 2.05) is 30.3 Å². The molecule has 2 aromatic rings. The fraction of sp³-hybridized carbons (Fsp3) is 0.250. The molecule has 0 amide bonds. The van der Waals surface area contributed by atoms with Crippen molar-refractivity contribution < 1.29 is 9.84 Å². The smallest absolute Gasteiger partial charge is 0.146 e. The zero-order valence-electron chi connectivity index (χ0n) is 11.1. The van der Waals surface area contributed by atoms with Gasteiger partial charge in [0.05, 0.1) is 11.1 Å². The lowest BCUT2D eigenvalue weighted by molar-refractivity contribution is 0.199. The van der Waals surface area contributed by atoms with Crippen molar-refractivity contribution in [3.63, 3.8) is 0 Å². The number of aryl methyl sites for hydroxylation is 1. The highest BCUT2D eigenvalue weighted by Gasteiger charge is 2.07. The summed E-state index contributed by atoms with van der Waals surface area (Å²) in [6.45, 7) is 3.82. The molecular formula is C16H17ClO2. The summed E-state index contributed by atoms with van der Waals surface area (Å²) in [7, 11) is 0. The van der Waals surface area contributed by atoms with Crippen molar-refractivity contribution >= 4 is 11.6 Å². The van der Waals surface area contributed by atoms with Gasteiger partial charge in [-0.2, -0.15) is 0 Å². The van der Waals surface area contributed by atoms with Crippen molar-refractivity contribution in [3.05, 3.63) is 58.6 Å². The van der Waals surface area contributed by atoms with Crippen LogP contribution in [0.15, 0.2) is 42.5 Å². The standard InChI is InChI=1S/C16H17ClO2/c1-3-12-4-7-14(8-5-12)19-16-9-6-13(11(2)18)10-15(16)17/h4-11,18H,3H2,1-2H3. The van der Waals surface area contributed by atoms with Crippen LogP contribution in [-0.4, -0.2) is 5.11 Å². The summed E-state index contributed by atoms with van der Waals surface area (Å²) in [6.07, 6.45) is 0.472. The number of benzene rings is 2. The van der Waals surface area contributed by atoms with E-state index < -0.39 is 6.10 Å². The molecule has 0 saturated heterocycles. The van der Waals surface area contributed by atoms with E-state index in [4.69, 9.17) is 16.3 Å². The second kappa shape index (κ2) is 6.09. The molecule has 1 atom stereocenters. The molecule has 0 saturated carbocycles. The summed E-state index contributed by atoms with van der Waals surface area (Å²) in [5, 5.41) is 9.99. The van der Waals surface area contributed by atoms with Gasteiger partial charge in [0.1, 0.15) is 11.5 Å². The molecule has 2 nitrogen and oxygen atoms in total. The van der Waals surface area contributed by atoms with E-state index in [0.717, 1.165) is 17.7 Å². The van der Waals surface area contributed by atoms with E-state index in [2.05, 4.69) is 6.92 Å². The lowest BCUT2D eigenvalue weighted by atomic mass is 10.1. The van der Waals surface area contributed by atoms with Crippen molar-refractivity contribution in [1.82, 2.24) is 0 Å². The van der Waals surface area contributed by atoms with Gasteiger partial charge in [-0.3, -0.25) is 0 Å². The highest BCUT2D eigenvalue weighted by molar-refractivity contribution is 6.32. The maximum absolute atomic E-state index is 9.49. The van der Waals surface area contributed by atoms with Crippen molar-refractivity contribution in [1.29, 1.82) is 0 Å². The minimum Gasteiger partial charge on any atom is -0.456 e. The fourth-order valence-electron chi connectivity index (χ4n) is 1.78. The molecule has 0 bridgehead atoms. The third-order valence-electron chi connectivity index (χ3n) is 3.00. The van der Waals surface area contributed by atoms with Crippen LogP contribution in [0.25, 0.3) is 0 Å². The minimum absolute atomic E-state index is 0.498. The molecule has 0 aliphatic heterocycles. The summed E-state index contributed by atoms with van der Waals surface area (Å²) in [4.78, 5) is 0. The first-order valence-electron chi connectivity index (χ1n) is 6.34. The summed E-state index contributed by atoms with van der Waals surface area (Å²) >= 11 is 6.15. The van der Waals surface area contributed by atoms with Gasteiger partial charge in [-0.15, -0.1) is 0 Å². The van der Waals surface area contributed by atoms with E-state index in [1.165, 1.54) is 5.56 Å². The van der Waals surface area contributed by atoms with Gasteiger partial charge in [0.25, 0.3) is 0 Å². The number of halogens is 1. The summed E-state index contributed by atoms with van der Waals surface area (Å²) in [5.41, 5.74) is 2.04. The number of aliphatic hydroxyl groups excluding tert-OH is 1. The van der Waals surface area contributed by atoms with Gasteiger partial charge in [0.2, 0.25) is 0 Å². The summed E-state index contributed by atoms with van der Waals surface area (Å²) in [6, 6.07) is 13.2. The van der Waals surface area contributed by atoms with Crippen LogP contribution in [-0.2, 0) is 6.42 Å². The van der Waals surface area contributed by atoms with Gasteiger partial charge in [-0.25, -0.2) is 0 Å². The van der Waals surface area contributed by atoms with Crippen molar-refractivity contribution in [2.24, 2.45) is 0 Å². The SMILES string of the molecule is CCc1ccc(Oc2ccc(C(C)O)cc2Cl)cc1. The van der Waals surface area contributed by atoms with E-state index in [9.17, 15) is 5.11 Å². The number of hydrogen-bond donors (Lipinski definition) is 1. The predicted molar refractivity (Wildman–Crippen MR) is 78.0 cm³/mol. The fourth-order valence-corrected chi connectivity index (χ4v) is 2.01. The zero-order valence-corrected chi connectivity index (χ0v) is 11.8. The van der Waals surface area contributed by atoms with Crippen LogP contribution in [0.4, 0.5) is 0 Å². The maximum atomic E-state index is 9.49. The summed E-state index contributed by atoms with van der Waals surface area (Å²) in [5.74, 6) is 1.35. The van der Waals surface area contributed by atoms with Gasteiger partial charge >= 0.3 is 0 Å². The second-order valence-electron chi connectivity index (χ2n) is 4.47. The zero-order chi connectivity index (χ0) is 13.8. The highest BCUT2D eigenvalue weighted by atomic mass is 35.5. The molecule has 0 aromatic heterocycles. The molecule has 3 heteroatoms. The minimum atomic E-state index is -0.532. The Bertz CT molecular complexity index is 547. The van der Waals surface area contributed by atoms with Gasteiger partial charge in [-0.05, 0) is 48.7 Å². The lowest BCUT2D eigenvalue weighted by Gasteiger charge is -2.11. The van der Waals surface area contributed by atoms with Crippen LogP contribution >= 0.6 is 11.6 Å². The number of ether oxygens (including phenoxy) is 1. The second-order valence-corrected chi connectivity index (χ2v) is 4.87. The van der Waals surface area contributed by atoms with Gasteiger partial charge in [0, 0.05) is 0 Å². The Hall–Kier alpha value is -1.51. The molecular weight excluding hydrogens is 260 g/mol. The third-order valence-corrected chi connectivity index (χ3v) is 3.29. The Kier molecular flexibility index (Phi) is 4.46. The maximum Gasteiger partial charge on any atom is 0.146 e. The average Bonchev–Trinajstić information content (AvgIpc) is 2.41. The van der Waals surface area contributed by atoms with Gasteiger partial charge < -0.3 is 9.84 Å². The van der Waals surface area contributed by atoms with Crippen molar-refractivity contribution in [2.45, 2.75) is 26.4 Å². The molecule has 0 aliphatic rings. The Morgan fingerprint density at radius 3 is 2.37 bits per heavy atom. The molecule has 0 spiro atoms. The first kappa shape index (κ1) is 13.9. The topological polar surface area (TPSA) is 29.5 Å². The van der Waals surface area contributed by atoms with Gasteiger partial charge in [-0.1, -0.05) is 36.7 Å². The molecule has 2 rings (SSSR count). The lowest BCUT2D eigenvalue weighted by Crippen LogP contribution is -1.92. The monoisotopic (exact) mass is 276 g/mol. The Morgan fingerprint density at radius 1 is 1.16 bits per heavy atom. The van der Waals surface area contributed by atoms with Gasteiger partial charge in [0.15, 0.2) is 0 Å². The van der Waals surface area contributed by atoms with E-state index in [-0.39, 0.29) is 0 Å². The molecule has 0 aliphatic carbocycles. The molecule has 100 valence electrons.